The Hall–Kier alpha value is -3.88. The molecule has 0 saturated heterocycles. The van der Waals surface area contributed by atoms with Gasteiger partial charge in [0.25, 0.3) is 0 Å². The Bertz CT molecular complexity index is 1250. The molecule has 0 aliphatic rings. The number of carboxylic acid groups (broad SMARTS) is 2. The second-order valence-corrected chi connectivity index (χ2v) is 8.86. The number of aromatic carboxylic acids is 2. The van der Waals surface area contributed by atoms with E-state index in [1.54, 1.807) is 36.7 Å². The third-order valence-electron chi connectivity index (χ3n) is 4.39. The van der Waals surface area contributed by atoms with Crippen LogP contribution in [0.1, 0.15) is 40.2 Å². The van der Waals surface area contributed by atoms with Gasteiger partial charge in [0.15, 0.2) is 0 Å². The average Bonchev–Trinajstić information content (AvgIpc) is 3.47. The van der Waals surface area contributed by atoms with Crippen LogP contribution < -0.4 is 0 Å². The predicted octanol–water partition coefficient (Wildman–Crippen LogP) is 6.00. The van der Waals surface area contributed by atoms with Gasteiger partial charge in [-0.3, -0.25) is 9.97 Å². The maximum Gasteiger partial charge on any atom is 0.345 e. The van der Waals surface area contributed by atoms with Gasteiger partial charge in [-0.15, -0.1) is 22.7 Å². The number of rotatable bonds is 7. The van der Waals surface area contributed by atoms with Crippen LogP contribution in [0.2, 0.25) is 0 Å². The fourth-order valence-electron chi connectivity index (χ4n) is 2.85. The van der Waals surface area contributed by atoms with Crippen molar-refractivity contribution in [2.45, 2.75) is 0 Å². The van der Waals surface area contributed by atoms with Gasteiger partial charge < -0.3 is 10.2 Å². The number of pyridine rings is 2. The van der Waals surface area contributed by atoms with Gasteiger partial charge in [-0.25, -0.2) is 9.59 Å². The lowest BCUT2D eigenvalue weighted by molar-refractivity contribution is 0.0691. The molecule has 0 spiro atoms. The van der Waals surface area contributed by atoms with Crippen LogP contribution in [0.25, 0.3) is 35.7 Å². The Labute approximate surface area is 191 Å². The lowest BCUT2D eigenvalue weighted by atomic mass is 10.1. The zero-order valence-electron chi connectivity index (χ0n) is 16.5. The molecule has 0 radical (unpaired) electrons. The smallest absolute Gasteiger partial charge is 0.345 e. The third-order valence-corrected chi connectivity index (χ3v) is 6.46. The van der Waals surface area contributed by atoms with Gasteiger partial charge >= 0.3 is 11.9 Å². The fraction of sp³-hybridized carbons (Fsp3) is 0. The molecule has 4 heterocycles. The van der Waals surface area contributed by atoms with E-state index in [9.17, 15) is 9.59 Å². The summed E-state index contributed by atoms with van der Waals surface area (Å²) in [4.78, 5) is 33.2. The first-order valence-electron chi connectivity index (χ1n) is 9.43. The van der Waals surface area contributed by atoms with Crippen molar-refractivity contribution < 1.29 is 19.8 Å². The molecule has 0 aliphatic carbocycles. The molecule has 6 nitrogen and oxygen atoms in total. The molecule has 0 amide bonds. The quantitative estimate of drug-likeness (QED) is 0.351. The number of thiophene rings is 2. The van der Waals surface area contributed by atoms with Gasteiger partial charge in [0.2, 0.25) is 0 Å². The van der Waals surface area contributed by atoms with Crippen LogP contribution in [-0.2, 0) is 0 Å². The molecule has 4 aromatic heterocycles. The molecular weight excluding hydrogens is 444 g/mol. The largest absolute Gasteiger partial charge is 0.477 e. The molecule has 0 bridgehead atoms. The minimum absolute atomic E-state index is 0.302. The first-order valence-corrected chi connectivity index (χ1v) is 11.1. The molecule has 0 unspecified atom stereocenters. The molecule has 32 heavy (non-hydrogen) atoms. The monoisotopic (exact) mass is 460 g/mol. The first kappa shape index (κ1) is 21.4. The zero-order valence-corrected chi connectivity index (χ0v) is 18.1. The minimum atomic E-state index is -0.928. The van der Waals surface area contributed by atoms with Crippen LogP contribution in [0.3, 0.4) is 0 Å². The Morgan fingerprint density at radius 1 is 0.656 bits per heavy atom. The number of aromatic nitrogens is 2. The third kappa shape index (κ3) is 5.23. The molecular formula is C24H16N2O4S2. The van der Waals surface area contributed by atoms with E-state index in [0.29, 0.717) is 21.1 Å². The summed E-state index contributed by atoms with van der Waals surface area (Å²) in [5.74, 6) is -1.86. The summed E-state index contributed by atoms with van der Waals surface area (Å²) in [5.41, 5.74) is 3.26. The Kier molecular flexibility index (Phi) is 6.34. The molecule has 0 atom stereocenters. The summed E-state index contributed by atoms with van der Waals surface area (Å²) in [6.07, 6.45) is 11.0. The molecule has 8 heteroatoms. The number of hydrogen-bond acceptors (Lipinski definition) is 6. The Balaban J connectivity index is 1.52. The molecule has 158 valence electrons. The van der Waals surface area contributed by atoms with Gasteiger partial charge in [-0.05, 0) is 71.8 Å². The van der Waals surface area contributed by atoms with E-state index < -0.39 is 11.9 Å². The lowest BCUT2D eigenvalue weighted by Crippen LogP contribution is -1.89. The van der Waals surface area contributed by atoms with Gasteiger partial charge in [0.1, 0.15) is 9.75 Å². The second-order valence-electron chi connectivity index (χ2n) is 6.63. The molecule has 0 fully saturated rings. The zero-order chi connectivity index (χ0) is 22.5. The topological polar surface area (TPSA) is 100 Å². The number of hydrogen-bond donors (Lipinski definition) is 2. The lowest BCUT2D eigenvalue weighted by Gasteiger charge is -2.03. The maximum atomic E-state index is 11.0. The van der Waals surface area contributed by atoms with E-state index in [4.69, 9.17) is 10.2 Å². The maximum absolute atomic E-state index is 11.0. The highest BCUT2D eigenvalue weighted by atomic mass is 32.1. The van der Waals surface area contributed by atoms with Crippen molar-refractivity contribution in [3.63, 3.8) is 0 Å². The van der Waals surface area contributed by atoms with E-state index in [0.717, 1.165) is 20.9 Å². The summed E-state index contributed by atoms with van der Waals surface area (Å²) in [5, 5.41) is 18.1. The number of carboxylic acids is 2. The number of nitrogens with zero attached hydrogens (tertiary/aromatic N) is 2. The minimum Gasteiger partial charge on any atom is -0.477 e. The highest BCUT2D eigenvalue weighted by Gasteiger charge is 2.07. The second kappa shape index (κ2) is 9.51. The Morgan fingerprint density at radius 3 is 1.47 bits per heavy atom. The van der Waals surface area contributed by atoms with Crippen LogP contribution in [0.4, 0.5) is 0 Å². The van der Waals surface area contributed by atoms with Crippen molar-refractivity contribution in [3.8, 4) is 11.4 Å². The van der Waals surface area contributed by atoms with E-state index in [-0.39, 0.29) is 0 Å². The van der Waals surface area contributed by atoms with Crippen LogP contribution in [0, 0.1) is 0 Å². The van der Waals surface area contributed by atoms with Crippen molar-refractivity contribution in [2.75, 3.05) is 0 Å². The molecule has 0 saturated carbocycles. The normalized spacial score (nSPS) is 11.4. The van der Waals surface area contributed by atoms with Gasteiger partial charge in [-0.1, -0.05) is 12.2 Å². The Morgan fingerprint density at radius 2 is 1.09 bits per heavy atom. The summed E-state index contributed by atoms with van der Waals surface area (Å²) >= 11 is 2.43. The van der Waals surface area contributed by atoms with Gasteiger partial charge in [0, 0.05) is 22.1 Å². The molecule has 4 rings (SSSR count). The van der Waals surface area contributed by atoms with Crippen LogP contribution in [0.5, 0.6) is 0 Å². The fourth-order valence-corrected chi connectivity index (χ4v) is 4.35. The summed E-state index contributed by atoms with van der Waals surface area (Å²) in [7, 11) is 0. The van der Waals surface area contributed by atoms with Crippen molar-refractivity contribution >= 4 is 58.9 Å². The van der Waals surface area contributed by atoms with E-state index in [2.05, 4.69) is 9.97 Å². The molecule has 0 aromatic carbocycles. The molecule has 0 aliphatic heterocycles. The average molecular weight is 461 g/mol. The van der Waals surface area contributed by atoms with Crippen LogP contribution in [0.15, 0.2) is 60.9 Å². The highest BCUT2D eigenvalue weighted by Crippen LogP contribution is 2.23. The van der Waals surface area contributed by atoms with Crippen molar-refractivity contribution in [3.05, 3.63) is 91.6 Å². The van der Waals surface area contributed by atoms with Gasteiger partial charge in [-0.2, -0.15) is 0 Å². The summed E-state index contributed by atoms with van der Waals surface area (Å²) < 4.78 is 0. The van der Waals surface area contributed by atoms with Gasteiger partial charge in [0.05, 0.1) is 11.4 Å². The summed E-state index contributed by atoms with van der Waals surface area (Å²) in [6.45, 7) is 0. The number of carbonyl (C=O) groups is 2. The van der Waals surface area contributed by atoms with Crippen molar-refractivity contribution in [1.29, 1.82) is 0 Å². The van der Waals surface area contributed by atoms with E-state index in [1.807, 2.05) is 48.6 Å². The molecule has 4 aromatic rings. The van der Waals surface area contributed by atoms with Crippen LogP contribution in [-0.4, -0.2) is 32.1 Å². The van der Waals surface area contributed by atoms with E-state index in [1.165, 1.54) is 22.7 Å². The predicted molar refractivity (Wildman–Crippen MR) is 128 cm³/mol. The SMILES string of the molecule is O=C(O)c1ccc(/C=C/c2ccnc(-c3cc(/C=C/c4ccc(C(=O)O)s4)ccn3)c2)s1. The summed E-state index contributed by atoms with van der Waals surface area (Å²) in [6, 6.07) is 14.3. The highest BCUT2D eigenvalue weighted by molar-refractivity contribution is 7.15. The van der Waals surface area contributed by atoms with E-state index >= 15 is 0 Å². The standard InChI is InChI=1S/C24H16N2O4S2/c27-23(28)21-7-5-17(31-21)3-1-15-9-11-25-19(13-15)20-14-16(10-12-26-20)2-4-18-6-8-22(32-18)24(29)30/h1-14H,(H,27,28)(H,29,30)/b3-1+,4-2+. The molecule has 2 N–H and O–H groups in total. The van der Waals surface area contributed by atoms with Crippen LogP contribution >= 0.6 is 22.7 Å². The first-order chi connectivity index (χ1) is 15.5. The van der Waals surface area contributed by atoms with Crippen molar-refractivity contribution in [1.82, 2.24) is 9.97 Å². The van der Waals surface area contributed by atoms with Crippen molar-refractivity contribution in [2.24, 2.45) is 0 Å².